The number of rotatable bonds is 2. The van der Waals surface area contributed by atoms with Crippen LogP contribution >= 0.6 is 11.3 Å². The number of aromatic nitrogens is 1. The van der Waals surface area contributed by atoms with E-state index in [9.17, 15) is 4.79 Å². The minimum Gasteiger partial charge on any atom is -0.477 e. The zero-order valence-electron chi connectivity index (χ0n) is 7.60. The van der Waals surface area contributed by atoms with Gasteiger partial charge in [-0.05, 0) is 12.8 Å². The van der Waals surface area contributed by atoms with Crippen molar-refractivity contribution in [3.05, 3.63) is 16.1 Å². The second-order valence-electron chi connectivity index (χ2n) is 3.28. The lowest BCUT2D eigenvalue weighted by atomic mass is 10.0. The summed E-state index contributed by atoms with van der Waals surface area (Å²) in [5.41, 5.74) is 0. The van der Waals surface area contributed by atoms with Crippen LogP contribution in [-0.4, -0.2) is 29.3 Å². The molecule has 0 spiro atoms. The van der Waals surface area contributed by atoms with Crippen molar-refractivity contribution in [3.63, 3.8) is 0 Å². The molecule has 0 saturated carbocycles. The lowest BCUT2D eigenvalue weighted by Crippen LogP contribution is -2.15. The molecule has 1 N–H and O–H groups in total. The van der Waals surface area contributed by atoms with E-state index < -0.39 is 5.97 Å². The second kappa shape index (κ2) is 4.06. The third-order valence-corrected chi connectivity index (χ3v) is 3.39. The first-order valence-corrected chi connectivity index (χ1v) is 5.36. The first-order valence-electron chi connectivity index (χ1n) is 4.54. The summed E-state index contributed by atoms with van der Waals surface area (Å²) < 4.78 is 5.33. The fraction of sp³-hybridized carbons (Fsp3) is 0.556. The van der Waals surface area contributed by atoms with Crippen LogP contribution in [0.15, 0.2) is 6.20 Å². The van der Waals surface area contributed by atoms with Crippen LogP contribution in [0, 0.1) is 0 Å². The molecule has 0 bridgehead atoms. The standard InChI is InChI=1S/C9H11NO3S/c11-9(12)7-4-10-8(14-7)6-2-1-3-13-5-6/h4,6H,1-3,5H2,(H,11,12). The maximum Gasteiger partial charge on any atom is 0.347 e. The molecule has 0 radical (unpaired) electrons. The van der Waals surface area contributed by atoms with Gasteiger partial charge in [0.05, 0.1) is 17.8 Å². The Balaban J connectivity index is 2.11. The summed E-state index contributed by atoms with van der Waals surface area (Å²) >= 11 is 1.26. The summed E-state index contributed by atoms with van der Waals surface area (Å²) in [6, 6.07) is 0. The number of carboxylic acids is 1. The summed E-state index contributed by atoms with van der Waals surface area (Å²) in [6.07, 6.45) is 3.51. The Morgan fingerprint density at radius 3 is 3.14 bits per heavy atom. The molecule has 0 aliphatic carbocycles. The van der Waals surface area contributed by atoms with Gasteiger partial charge in [0.25, 0.3) is 0 Å². The normalized spacial score (nSPS) is 22.1. The molecule has 76 valence electrons. The van der Waals surface area contributed by atoms with Gasteiger partial charge in [0, 0.05) is 12.5 Å². The van der Waals surface area contributed by atoms with Crippen LogP contribution in [0.25, 0.3) is 0 Å². The Hall–Kier alpha value is -0.940. The van der Waals surface area contributed by atoms with E-state index in [-0.39, 0.29) is 0 Å². The Morgan fingerprint density at radius 1 is 1.71 bits per heavy atom. The highest BCUT2D eigenvalue weighted by Crippen LogP contribution is 2.28. The Kier molecular flexibility index (Phi) is 2.79. The maximum atomic E-state index is 10.6. The molecule has 1 unspecified atom stereocenters. The van der Waals surface area contributed by atoms with Gasteiger partial charge in [0.15, 0.2) is 0 Å². The van der Waals surface area contributed by atoms with Crippen molar-refractivity contribution < 1.29 is 14.6 Å². The molecule has 1 aliphatic heterocycles. The van der Waals surface area contributed by atoms with E-state index in [1.165, 1.54) is 17.5 Å². The molecular weight excluding hydrogens is 202 g/mol. The quantitative estimate of drug-likeness (QED) is 0.812. The largest absolute Gasteiger partial charge is 0.477 e. The van der Waals surface area contributed by atoms with Crippen molar-refractivity contribution in [3.8, 4) is 0 Å². The van der Waals surface area contributed by atoms with Crippen molar-refractivity contribution in [1.82, 2.24) is 4.98 Å². The van der Waals surface area contributed by atoms with Crippen molar-refractivity contribution in [2.45, 2.75) is 18.8 Å². The maximum absolute atomic E-state index is 10.6. The molecule has 14 heavy (non-hydrogen) atoms. The van der Waals surface area contributed by atoms with Gasteiger partial charge >= 0.3 is 5.97 Å². The fourth-order valence-corrected chi connectivity index (χ4v) is 2.39. The molecule has 2 rings (SSSR count). The minimum absolute atomic E-state index is 0.293. The molecule has 1 saturated heterocycles. The van der Waals surface area contributed by atoms with E-state index in [1.54, 1.807) is 0 Å². The lowest BCUT2D eigenvalue weighted by molar-refractivity contribution is 0.0702. The highest BCUT2D eigenvalue weighted by atomic mass is 32.1. The number of hydrogen-bond donors (Lipinski definition) is 1. The van der Waals surface area contributed by atoms with Gasteiger partial charge in [0.2, 0.25) is 0 Å². The molecule has 0 amide bonds. The van der Waals surface area contributed by atoms with Crippen molar-refractivity contribution in [1.29, 1.82) is 0 Å². The van der Waals surface area contributed by atoms with Gasteiger partial charge in [-0.3, -0.25) is 0 Å². The number of nitrogens with zero attached hydrogens (tertiary/aromatic N) is 1. The van der Waals surface area contributed by atoms with Crippen LogP contribution in [0.2, 0.25) is 0 Å². The number of aromatic carboxylic acids is 1. The van der Waals surface area contributed by atoms with Crippen LogP contribution in [0.1, 0.15) is 33.4 Å². The van der Waals surface area contributed by atoms with Gasteiger partial charge in [0.1, 0.15) is 4.88 Å². The van der Waals surface area contributed by atoms with Crippen LogP contribution in [0.5, 0.6) is 0 Å². The predicted octanol–water partition coefficient (Wildman–Crippen LogP) is 1.74. The molecule has 1 aliphatic rings. The van der Waals surface area contributed by atoms with Crippen molar-refractivity contribution >= 4 is 17.3 Å². The molecule has 0 aromatic carbocycles. The van der Waals surface area contributed by atoms with E-state index in [0.717, 1.165) is 24.5 Å². The molecule has 1 aromatic heterocycles. The number of carbonyl (C=O) groups is 1. The van der Waals surface area contributed by atoms with Crippen LogP contribution in [0.4, 0.5) is 0 Å². The highest BCUT2D eigenvalue weighted by molar-refractivity contribution is 7.13. The Morgan fingerprint density at radius 2 is 2.57 bits per heavy atom. The SMILES string of the molecule is O=C(O)c1cnc(C2CCCOC2)s1. The van der Waals surface area contributed by atoms with Crippen LogP contribution in [0.3, 0.4) is 0 Å². The molecule has 4 nitrogen and oxygen atoms in total. The van der Waals surface area contributed by atoms with Gasteiger partial charge in [-0.25, -0.2) is 9.78 Å². The van der Waals surface area contributed by atoms with Gasteiger partial charge in [-0.1, -0.05) is 0 Å². The van der Waals surface area contributed by atoms with Crippen molar-refractivity contribution in [2.75, 3.05) is 13.2 Å². The number of ether oxygens (including phenoxy) is 1. The van der Waals surface area contributed by atoms with Gasteiger partial charge in [-0.2, -0.15) is 0 Å². The smallest absolute Gasteiger partial charge is 0.347 e. The Labute approximate surface area is 85.5 Å². The van der Waals surface area contributed by atoms with E-state index >= 15 is 0 Å². The van der Waals surface area contributed by atoms with E-state index in [0.29, 0.717) is 17.4 Å². The van der Waals surface area contributed by atoms with Gasteiger partial charge in [-0.15, -0.1) is 11.3 Å². The first kappa shape index (κ1) is 9.61. The number of carboxylic acid groups (broad SMARTS) is 1. The summed E-state index contributed by atoms with van der Waals surface area (Å²) in [4.78, 5) is 15.1. The molecule has 5 heteroatoms. The second-order valence-corrected chi connectivity index (χ2v) is 4.34. The van der Waals surface area contributed by atoms with Gasteiger partial charge < -0.3 is 9.84 Å². The van der Waals surface area contributed by atoms with Crippen LogP contribution < -0.4 is 0 Å². The first-order chi connectivity index (χ1) is 6.77. The van der Waals surface area contributed by atoms with E-state index in [4.69, 9.17) is 9.84 Å². The highest BCUT2D eigenvalue weighted by Gasteiger charge is 2.20. The average Bonchev–Trinajstić information content (AvgIpc) is 2.68. The topological polar surface area (TPSA) is 59.4 Å². The summed E-state index contributed by atoms with van der Waals surface area (Å²) in [5, 5.41) is 9.63. The molecule has 1 aromatic rings. The molecular formula is C9H11NO3S. The zero-order valence-corrected chi connectivity index (χ0v) is 8.42. The van der Waals surface area contributed by atoms with Crippen LogP contribution in [-0.2, 0) is 4.74 Å². The third kappa shape index (κ3) is 1.93. The number of thiazole rings is 1. The molecule has 1 atom stereocenters. The summed E-state index contributed by atoms with van der Waals surface area (Å²) in [6.45, 7) is 1.49. The van der Waals surface area contributed by atoms with E-state index in [2.05, 4.69) is 4.98 Å². The summed E-state index contributed by atoms with van der Waals surface area (Å²) in [7, 11) is 0. The molecule has 1 fully saturated rings. The third-order valence-electron chi connectivity index (χ3n) is 2.24. The zero-order chi connectivity index (χ0) is 9.97. The lowest BCUT2D eigenvalue weighted by Gasteiger charge is -2.19. The predicted molar refractivity (Wildman–Crippen MR) is 51.9 cm³/mol. The average molecular weight is 213 g/mol. The van der Waals surface area contributed by atoms with E-state index in [1.807, 2.05) is 0 Å². The number of hydrogen-bond acceptors (Lipinski definition) is 4. The minimum atomic E-state index is -0.898. The summed E-state index contributed by atoms with van der Waals surface area (Å²) in [5.74, 6) is -0.604. The molecule has 2 heterocycles. The monoisotopic (exact) mass is 213 g/mol. The fourth-order valence-electron chi connectivity index (χ4n) is 1.51. The Bertz CT molecular complexity index is 331. The van der Waals surface area contributed by atoms with Crippen molar-refractivity contribution in [2.24, 2.45) is 0 Å².